The third-order valence-corrected chi connectivity index (χ3v) is 3.97. The number of nitrogens with two attached hydrogens (primary N) is 1. The molecule has 0 atom stereocenters. The largest absolute Gasteiger partial charge is 0.326 e. The van der Waals surface area contributed by atoms with Gasteiger partial charge in [-0.25, -0.2) is 13.1 Å². The first-order valence-corrected chi connectivity index (χ1v) is 6.14. The molecule has 0 spiro atoms. The summed E-state index contributed by atoms with van der Waals surface area (Å²) in [6, 6.07) is 3.48. The zero-order chi connectivity index (χ0) is 11.6. The Labute approximate surface area is 90.5 Å². The number of sulfonamides is 1. The third kappa shape index (κ3) is 2.37. The molecule has 5 heteroatoms. The minimum Gasteiger partial charge on any atom is -0.326 e. The Balaban J connectivity index is 3.44. The van der Waals surface area contributed by atoms with Gasteiger partial charge in [-0.3, -0.25) is 0 Å². The molecule has 0 radical (unpaired) electrons. The fourth-order valence-electron chi connectivity index (χ4n) is 1.49. The number of hydrogen-bond acceptors (Lipinski definition) is 3. The Bertz CT molecular complexity index is 467. The molecule has 0 amide bonds. The molecule has 0 bridgehead atoms. The highest BCUT2D eigenvalue weighted by Gasteiger charge is 2.15. The second kappa shape index (κ2) is 4.30. The molecule has 0 aromatic heterocycles. The van der Waals surface area contributed by atoms with E-state index in [9.17, 15) is 8.42 Å². The van der Waals surface area contributed by atoms with Crippen molar-refractivity contribution in [1.29, 1.82) is 0 Å². The summed E-state index contributed by atoms with van der Waals surface area (Å²) in [5, 5.41) is 0. The van der Waals surface area contributed by atoms with Gasteiger partial charge in [-0.15, -0.1) is 0 Å². The zero-order valence-electron chi connectivity index (χ0n) is 9.16. The van der Waals surface area contributed by atoms with Gasteiger partial charge in [-0.05, 0) is 43.7 Å². The molecule has 1 rings (SSSR count). The van der Waals surface area contributed by atoms with Crippen molar-refractivity contribution in [2.75, 3.05) is 7.05 Å². The fraction of sp³-hybridized carbons (Fsp3) is 0.400. The smallest absolute Gasteiger partial charge is 0.240 e. The number of rotatable bonds is 3. The third-order valence-electron chi connectivity index (χ3n) is 2.41. The van der Waals surface area contributed by atoms with Crippen LogP contribution in [0, 0.1) is 13.8 Å². The van der Waals surface area contributed by atoms with E-state index in [1.807, 2.05) is 13.0 Å². The maximum atomic E-state index is 11.6. The molecule has 0 unspecified atom stereocenters. The second-order valence-electron chi connectivity index (χ2n) is 3.46. The summed E-state index contributed by atoms with van der Waals surface area (Å²) < 4.78 is 25.6. The van der Waals surface area contributed by atoms with Gasteiger partial charge in [0.1, 0.15) is 0 Å². The molecule has 3 N–H and O–H groups in total. The molecule has 4 nitrogen and oxygen atoms in total. The van der Waals surface area contributed by atoms with Gasteiger partial charge in [0.2, 0.25) is 10.0 Å². The summed E-state index contributed by atoms with van der Waals surface area (Å²) >= 11 is 0. The molecule has 0 aliphatic rings. The van der Waals surface area contributed by atoms with Crippen molar-refractivity contribution in [1.82, 2.24) is 4.72 Å². The quantitative estimate of drug-likeness (QED) is 0.798. The first-order valence-electron chi connectivity index (χ1n) is 4.66. The Morgan fingerprint density at radius 2 is 1.87 bits per heavy atom. The summed E-state index contributed by atoms with van der Waals surface area (Å²) in [6.07, 6.45) is 0. The van der Waals surface area contributed by atoms with Crippen LogP contribution in [-0.2, 0) is 16.6 Å². The summed E-state index contributed by atoms with van der Waals surface area (Å²) in [5.41, 5.74) is 8.15. The van der Waals surface area contributed by atoms with Crippen molar-refractivity contribution in [3.05, 3.63) is 28.8 Å². The van der Waals surface area contributed by atoms with Gasteiger partial charge < -0.3 is 5.73 Å². The Morgan fingerprint density at radius 1 is 1.27 bits per heavy atom. The Hall–Kier alpha value is -0.910. The maximum Gasteiger partial charge on any atom is 0.240 e. The van der Waals surface area contributed by atoms with Crippen molar-refractivity contribution in [3.63, 3.8) is 0 Å². The molecule has 0 fully saturated rings. The lowest BCUT2D eigenvalue weighted by atomic mass is 10.1. The van der Waals surface area contributed by atoms with E-state index in [0.29, 0.717) is 11.4 Å². The number of benzene rings is 1. The average Bonchev–Trinajstić information content (AvgIpc) is 2.17. The van der Waals surface area contributed by atoms with Crippen LogP contribution in [0.5, 0.6) is 0 Å². The van der Waals surface area contributed by atoms with E-state index < -0.39 is 10.0 Å². The number of nitrogens with one attached hydrogen (secondary N) is 1. The van der Waals surface area contributed by atoms with Crippen LogP contribution >= 0.6 is 0 Å². The minimum absolute atomic E-state index is 0.302. The molecule has 1 aromatic rings. The summed E-state index contributed by atoms with van der Waals surface area (Å²) in [5.74, 6) is 0. The first kappa shape index (κ1) is 12.2. The number of aryl methyl sites for hydroxylation is 2. The highest BCUT2D eigenvalue weighted by atomic mass is 32.2. The molecule has 0 heterocycles. The normalized spacial score (nSPS) is 11.7. The summed E-state index contributed by atoms with van der Waals surface area (Å²) in [7, 11) is -1.98. The monoisotopic (exact) mass is 228 g/mol. The van der Waals surface area contributed by atoms with Gasteiger partial charge >= 0.3 is 0 Å². The SMILES string of the molecule is CNS(=O)(=O)c1cc(CN)c(C)cc1C. The van der Waals surface area contributed by atoms with Crippen molar-refractivity contribution in [2.24, 2.45) is 5.73 Å². The molecule has 84 valence electrons. The second-order valence-corrected chi connectivity index (χ2v) is 5.31. The molecule has 0 aliphatic heterocycles. The lowest BCUT2D eigenvalue weighted by Gasteiger charge is -2.10. The van der Waals surface area contributed by atoms with Crippen LogP contribution < -0.4 is 10.5 Å². The molecule has 0 aliphatic carbocycles. The first-order chi connectivity index (χ1) is 6.92. The van der Waals surface area contributed by atoms with E-state index in [4.69, 9.17) is 5.73 Å². The van der Waals surface area contributed by atoms with E-state index in [0.717, 1.165) is 16.7 Å². The van der Waals surface area contributed by atoms with Gasteiger partial charge in [-0.2, -0.15) is 0 Å². The van der Waals surface area contributed by atoms with Crippen LogP contribution in [0.25, 0.3) is 0 Å². The molecular formula is C10H16N2O2S. The fourth-order valence-corrected chi connectivity index (χ4v) is 2.49. The van der Waals surface area contributed by atoms with Gasteiger partial charge in [0.15, 0.2) is 0 Å². The van der Waals surface area contributed by atoms with Crippen LogP contribution in [0.4, 0.5) is 0 Å². The van der Waals surface area contributed by atoms with E-state index in [-0.39, 0.29) is 0 Å². The van der Waals surface area contributed by atoms with Crippen LogP contribution in [0.15, 0.2) is 17.0 Å². The van der Waals surface area contributed by atoms with E-state index in [1.165, 1.54) is 7.05 Å². The zero-order valence-corrected chi connectivity index (χ0v) is 9.98. The lowest BCUT2D eigenvalue weighted by Crippen LogP contribution is -2.20. The summed E-state index contributed by atoms with van der Waals surface area (Å²) in [4.78, 5) is 0.302. The van der Waals surface area contributed by atoms with Crippen molar-refractivity contribution in [3.8, 4) is 0 Å². The summed E-state index contributed by atoms with van der Waals surface area (Å²) in [6.45, 7) is 4.04. The van der Waals surface area contributed by atoms with Gasteiger partial charge in [-0.1, -0.05) is 6.07 Å². The predicted octanol–water partition coefficient (Wildman–Crippen LogP) is 0.670. The van der Waals surface area contributed by atoms with E-state index >= 15 is 0 Å². The van der Waals surface area contributed by atoms with Gasteiger partial charge in [0.25, 0.3) is 0 Å². The topological polar surface area (TPSA) is 72.2 Å². The van der Waals surface area contributed by atoms with E-state index in [1.54, 1.807) is 13.0 Å². The molecule has 0 saturated carbocycles. The molecule has 15 heavy (non-hydrogen) atoms. The standard InChI is InChI=1S/C10H16N2O2S/c1-7-4-8(2)10(5-9(7)6-11)15(13,14)12-3/h4-5,12H,6,11H2,1-3H3. The van der Waals surface area contributed by atoms with Crippen LogP contribution in [0.2, 0.25) is 0 Å². The molecule has 1 aromatic carbocycles. The van der Waals surface area contributed by atoms with Gasteiger partial charge in [0, 0.05) is 6.54 Å². The van der Waals surface area contributed by atoms with Crippen molar-refractivity contribution in [2.45, 2.75) is 25.3 Å². The maximum absolute atomic E-state index is 11.6. The van der Waals surface area contributed by atoms with Crippen molar-refractivity contribution >= 4 is 10.0 Å². The van der Waals surface area contributed by atoms with Crippen LogP contribution in [-0.4, -0.2) is 15.5 Å². The highest BCUT2D eigenvalue weighted by Crippen LogP contribution is 2.19. The average molecular weight is 228 g/mol. The van der Waals surface area contributed by atoms with Gasteiger partial charge in [0.05, 0.1) is 4.90 Å². The molecular weight excluding hydrogens is 212 g/mol. The number of hydrogen-bond donors (Lipinski definition) is 2. The van der Waals surface area contributed by atoms with Crippen LogP contribution in [0.1, 0.15) is 16.7 Å². The Kier molecular flexibility index (Phi) is 3.49. The highest BCUT2D eigenvalue weighted by molar-refractivity contribution is 7.89. The predicted molar refractivity (Wildman–Crippen MR) is 60.1 cm³/mol. The minimum atomic E-state index is -3.38. The Morgan fingerprint density at radius 3 is 2.33 bits per heavy atom. The van der Waals surface area contributed by atoms with Crippen LogP contribution in [0.3, 0.4) is 0 Å². The molecule has 0 saturated heterocycles. The lowest BCUT2D eigenvalue weighted by molar-refractivity contribution is 0.587. The van der Waals surface area contributed by atoms with E-state index in [2.05, 4.69) is 4.72 Å². The van der Waals surface area contributed by atoms with Crippen molar-refractivity contribution < 1.29 is 8.42 Å².